The fourth-order valence-corrected chi connectivity index (χ4v) is 5.29. The molecule has 28 heavy (non-hydrogen) atoms. The zero-order valence-corrected chi connectivity index (χ0v) is 18.8. The number of aryl methyl sites for hydroxylation is 2. The second-order valence-corrected chi connectivity index (χ2v) is 9.62. The number of amides is 1. The lowest BCUT2D eigenvalue weighted by Gasteiger charge is -2.04. The summed E-state index contributed by atoms with van der Waals surface area (Å²) in [5, 5.41) is 0. The van der Waals surface area contributed by atoms with Crippen LogP contribution in [0.1, 0.15) is 25.3 Å². The average molecular weight is 431 g/mol. The minimum absolute atomic E-state index is 0.0196. The summed E-state index contributed by atoms with van der Waals surface area (Å²) in [6.45, 7) is 3.04. The minimum Gasteiger partial charge on any atom is -0.316 e. The van der Waals surface area contributed by atoms with Crippen LogP contribution >= 0.6 is 34.9 Å². The summed E-state index contributed by atoms with van der Waals surface area (Å²) in [4.78, 5) is 19.0. The minimum atomic E-state index is -0.0196. The van der Waals surface area contributed by atoms with Crippen molar-refractivity contribution in [1.29, 1.82) is 0 Å². The maximum Gasteiger partial charge on any atom is 0.248 e. The largest absolute Gasteiger partial charge is 0.316 e. The topological polar surface area (TPSA) is 34.4 Å². The molecular weight excluding hydrogens is 404 g/mol. The molecule has 6 heteroatoms. The van der Waals surface area contributed by atoms with Crippen LogP contribution in [0.2, 0.25) is 0 Å². The Morgan fingerprint density at radius 3 is 2.71 bits per heavy atom. The third-order valence-corrected chi connectivity index (χ3v) is 7.17. The maximum atomic E-state index is 12.5. The number of aromatic nitrogens is 1. The summed E-state index contributed by atoms with van der Waals surface area (Å²) in [7, 11) is 0. The molecule has 0 spiro atoms. The number of rotatable bonds is 9. The van der Waals surface area contributed by atoms with Gasteiger partial charge >= 0.3 is 0 Å². The molecule has 0 saturated heterocycles. The van der Waals surface area contributed by atoms with Crippen molar-refractivity contribution < 1.29 is 4.79 Å². The normalized spacial score (nSPS) is 12.0. The smallest absolute Gasteiger partial charge is 0.248 e. The molecule has 0 N–H and O–H groups in total. The quantitative estimate of drug-likeness (QED) is 0.326. The first-order valence-corrected chi connectivity index (χ1v) is 12.8. The molecular formula is C22H26N2OS3. The van der Waals surface area contributed by atoms with Crippen molar-refractivity contribution in [2.24, 2.45) is 4.99 Å². The van der Waals surface area contributed by atoms with Crippen LogP contribution in [0.15, 0.2) is 58.4 Å². The molecule has 1 aromatic heterocycles. The Balaban J connectivity index is 1.71. The maximum absolute atomic E-state index is 12.5. The van der Waals surface area contributed by atoms with E-state index in [1.165, 1.54) is 20.7 Å². The summed E-state index contributed by atoms with van der Waals surface area (Å²) in [5.41, 5.74) is 2.50. The van der Waals surface area contributed by atoms with Crippen LogP contribution in [0.4, 0.5) is 0 Å². The molecule has 3 rings (SSSR count). The first-order chi connectivity index (χ1) is 13.7. The van der Waals surface area contributed by atoms with Gasteiger partial charge in [-0.2, -0.15) is 16.8 Å². The Morgan fingerprint density at radius 1 is 1.14 bits per heavy atom. The highest BCUT2D eigenvalue weighted by atomic mass is 32.2. The Labute approximate surface area is 179 Å². The second-order valence-electron chi connectivity index (χ2n) is 6.46. The predicted molar refractivity (Wildman–Crippen MR) is 125 cm³/mol. The highest BCUT2D eigenvalue weighted by molar-refractivity contribution is 7.99. The van der Waals surface area contributed by atoms with Gasteiger partial charge in [0.1, 0.15) is 0 Å². The van der Waals surface area contributed by atoms with E-state index in [9.17, 15) is 4.79 Å². The van der Waals surface area contributed by atoms with E-state index < -0.39 is 0 Å². The number of carbonyl (C=O) groups excluding carboxylic acids is 1. The van der Waals surface area contributed by atoms with Gasteiger partial charge in [0.2, 0.25) is 5.91 Å². The van der Waals surface area contributed by atoms with Crippen molar-refractivity contribution in [1.82, 2.24) is 4.57 Å². The molecule has 1 heterocycles. The number of carbonyl (C=O) groups is 1. The fraction of sp³-hybridized carbons (Fsp3) is 0.364. The van der Waals surface area contributed by atoms with Gasteiger partial charge in [0.25, 0.3) is 0 Å². The van der Waals surface area contributed by atoms with Gasteiger partial charge in [-0.1, -0.05) is 42.5 Å². The lowest BCUT2D eigenvalue weighted by molar-refractivity contribution is -0.118. The van der Waals surface area contributed by atoms with E-state index in [0.717, 1.165) is 35.7 Å². The number of benzene rings is 2. The zero-order chi connectivity index (χ0) is 19.8. The molecule has 0 aliphatic rings. The Bertz CT molecular complexity index is 976. The van der Waals surface area contributed by atoms with Crippen molar-refractivity contribution in [3.63, 3.8) is 0 Å². The van der Waals surface area contributed by atoms with Crippen molar-refractivity contribution in [3.05, 3.63) is 58.9 Å². The summed E-state index contributed by atoms with van der Waals surface area (Å²) >= 11 is 5.23. The van der Waals surface area contributed by atoms with E-state index in [1.54, 1.807) is 23.1 Å². The number of fused-ring (bicyclic) bond motifs is 1. The zero-order valence-electron chi connectivity index (χ0n) is 16.4. The van der Waals surface area contributed by atoms with Crippen molar-refractivity contribution >= 4 is 51.0 Å². The first-order valence-electron chi connectivity index (χ1n) is 9.58. The Kier molecular flexibility index (Phi) is 8.25. The summed E-state index contributed by atoms with van der Waals surface area (Å²) < 4.78 is 3.42. The lowest BCUT2D eigenvalue weighted by Crippen LogP contribution is -2.18. The van der Waals surface area contributed by atoms with E-state index in [2.05, 4.69) is 53.1 Å². The van der Waals surface area contributed by atoms with Crippen molar-refractivity contribution in [2.75, 3.05) is 17.8 Å². The number of thioether (sulfide) groups is 2. The molecule has 2 aromatic carbocycles. The van der Waals surface area contributed by atoms with Crippen LogP contribution in [-0.4, -0.2) is 28.2 Å². The molecule has 0 aliphatic carbocycles. The van der Waals surface area contributed by atoms with Gasteiger partial charge in [0.05, 0.1) is 10.2 Å². The number of hydrogen-bond donors (Lipinski definition) is 0. The molecule has 0 saturated carbocycles. The van der Waals surface area contributed by atoms with E-state index in [0.29, 0.717) is 6.42 Å². The van der Waals surface area contributed by atoms with Crippen molar-refractivity contribution in [2.45, 2.75) is 37.6 Å². The second kappa shape index (κ2) is 10.9. The van der Waals surface area contributed by atoms with Crippen LogP contribution in [0.5, 0.6) is 0 Å². The molecule has 1 amide bonds. The standard InChI is InChI=1S/C22H26N2OS3/c1-3-17-11-12-19-20(16-17)28-22(24(19)13-15-26-2)23-21(25)10-7-14-27-18-8-5-4-6-9-18/h4-6,8-9,11-12,16H,3,7,10,13-15H2,1-2H3. The molecule has 0 unspecified atom stereocenters. The summed E-state index contributed by atoms with van der Waals surface area (Å²) in [5.74, 6) is 1.93. The van der Waals surface area contributed by atoms with Crippen molar-refractivity contribution in [3.8, 4) is 0 Å². The number of hydrogen-bond acceptors (Lipinski definition) is 4. The highest BCUT2D eigenvalue weighted by Crippen LogP contribution is 2.21. The molecule has 0 atom stereocenters. The van der Waals surface area contributed by atoms with Crippen LogP contribution in [0.3, 0.4) is 0 Å². The summed E-state index contributed by atoms with van der Waals surface area (Å²) in [6, 6.07) is 16.9. The Hall–Kier alpha value is -1.50. The van der Waals surface area contributed by atoms with Gasteiger partial charge in [0.15, 0.2) is 4.80 Å². The van der Waals surface area contributed by atoms with Gasteiger partial charge in [-0.15, -0.1) is 11.8 Å². The van der Waals surface area contributed by atoms with Gasteiger partial charge in [-0.05, 0) is 54.7 Å². The van der Waals surface area contributed by atoms with E-state index in [1.807, 2.05) is 30.0 Å². The molecule has 148 valence electrons. The molecule has 3 nitrogen and oxygen atoms in total. The fourth-order valence-electron chi connectivity index (χ4n) is 2.91. The number of nitrogens with zero attached hydrogens (tertiary/aromatic N) is 2. The molecule has 0 bridgehead atoms. The lowest BCUT2D eigenvalue weighted by atomic mass is 10.2. The first kappa shape index (κ1) is 21.2. The molecule has 0 fully saturated rings. The number of thiazole rings is 1. The van der Waals surface area contributed by atoms with Gasteiger partial charge in [0, 0.05) is 23.6 Å². The predicted octanol–water partition coefficient (Wildman–Crippen LogP) is 5.63. The molecule has 0 aliphatic heterocycles. The van der Waals surface area contributed by atoms with E-state index >= 15 is 0 Å². The monoisotopic (exact) mass is 430 g/mol. The molecule has 3 aromatic rings. The van der Waals surface area contributed by atoms with Crippen LogP contribution < -0.4 is 4.80 Å². The van der Waals surface area contributed by atoms with Gasteiger partial charge < -0.3 is 4.57 Å². The third-order valence-electron chi connectivity index (χ3n) is 4.44. The SMILES string of the molecule is CCc1ccc2c(c1)sc(=NC(=O)CCCSc1ccccc1)n2CCSC. The van der Waals surface area contributed by atoms with Crippen LogP contribution in [0, 0.1) is 0 Å². The summed E-state index contributed by atoms with van der Waals surface area (Å²) in [6.07, 6.45) is 4.47. The van der Waals surface area contributed by atoms with E-state index in [-0.39, 0.29) is 5.91 Å². The van der Waals surface area contributed by atoms with Gasteiger partial charge in [-0.25, -0.2) is 0 Å². The molecule has 0 radical (unpaired) electrons. The van der Waals surface area contributed by atoms with Crippen LogP contribution in [-0.2, 0) is 17.8 Å². The highest BCUT2D eigenvalue weighted by Gasteiger charge is 2.09. The third kappa shape index (κ3) is 5.75. The van der Waals surface area contributed by atoms with E-state index in [4.69, 9.17) is 0 Å². The average Bonchev–Trinajstić information content (AvgIpc) is 3.06. The Morgan fingerprint density at radius 2 is 1.96 bits per heavy atom. The van der Waals surface area contributed by atoms with Crippen LogP contribution in [0.25, 0.3) is 10.2 Å². The van der Waals surface area contributed by atoms with Gasteiger partial charge in [-0.3, -0.25) is 4.79 Å².